The van der Waals surface area contributed by atoms with Crippen LogP contribution in [-0.4, -0.2) is 46.3 Å². The van der Waals surface area contributed by atoms with E-state index in [1.54, 1.807) is 34.5 Å². The summed E-state index contributed by atoms with van der Waals surface area (Å²) in [6.07, 6.45) is 1.82. The minimum atomic E-state index is -0.495. The van der Waals surface area contributed by atoms with Crippen molar-refractivity contribution in [3.05, 3.63) is 48.3 Å². The zero-order valence-electron chi connectivity index (χ0n) is 13.9. The lowest BCUT2D eigenvalue weighted by atomic mass is 10.2. The summed E-state index contributed by atoms with van der Waals surface area (Å²) in [6.45, 7) is 0.662. The number of hydrogen-bond donors (Lipinski definition) is 0. The van der Waals surface area contributed by atoms with E-state index in [4.69, 9.17) is 18.3 Å². The molecule has 8 nitrogen and oxygen atoms in total. The van der Waals surface area contributed by atoms with Crippen molar-refractivity contribution < 1.29 is 27.9 Å². The quantitative estimate of drug-likeness (QED) is 0.823. The monoisotopic (exact) mass is 358 g/mol. The first kappa shape index (κ1) is 15.7. The van der Waals surface area contributed by atoms with E-state index >= 15 is 0 Å². The molecule has 3 fully saturated rings. The van der Waals surface area contributed by atoms with Crippen molar-refractivity contribution >= 4 is 11.8 Å². The third-order valence-corrected chi connectivity index (χ3v) is 5.08. The van der Waals surface area contributed by atoms with Gasteiger partial charge in [-0.25, -0.2) is 0 Å². The molecule has 3 aliphatic rings. The van der Waals surface area contributed by atoms with E-state index in [1.165, 1.54) is 0 Å². The fourth-order valence-corrected chi connectivity index (χ4v) is 3.87. The molecular weight excluding hydrogens is 340 g/mol. The van der Waals surface area contributed by atoms with Crippen LogP contribution >= 0.6 is 0 Å². The van der Waals surface area contributed by atoms with Crippen LogP contribution in [0.3, 0.4) is 0 Å². The topological polar surface area (TPSA) is 85.4 Å². The molecule has 0 N–H and O–H groups in total. The number of carbonyl (C=O) groups is 2. The van der Waals surface area contributed by atoms with Gasteiger partial charge in [0.25, 0.3) is 0 Å². The lowest BCUT2D eigenvalue weighted by Gasteiger charge is -2.39. The summed E-state index contributed by atoms with van der Waals surface area (Å²) < 4.78 is 22.9. The van der Waals surface area contributed by atoms with Crippen LogP contribution in [0.1, 0.15) is 24.4 Å². The van der Waals surface area contributed by atoms with Gasteiger partial charge in [0.1, 0.15) is 23.7 Å². The number of hydrogen-bond acceptors (Lipinski definition) is 6. The first-order chi connectivity index (χ1) is 12.7. The molecule has 26 heavy (non-hydrogen) atoms. The van der Waals surface area contributed by atoms with Crippen molar-refractivity contribution in [2.45, 2.75) is 50.6 Å². The third kappa shape index (κ3) is 2.53. The summed E-state index contributed by atoms with van der Waals surface area (Å²) in [5, 5.41) is 0. The van der Waals surface area contributed by atoms with E-state index < -0.39 is 24.7 Å². The Bertz CT molecular complexity index is 734. The Morgan fingerprint density at radius 1 is 0.808 bits per heavy atom. The van der Waals surface area contributed by atoms with E-state index in [-0.39, 0.29) is 24.7 Å². The number of ether oxygens (including phenoxy) is 2. The van der Waals surface area contributed by atoms with Crippen LogP contribution in [0, 0.1) is 0 Å². The average Bonchev–Trinajstić information content (AvgIpc) is 3.39. The first-order valence-electron chi connectivity index (χ1n) is 8.63. The van der Waals surface area contributed by atoms with Crippen LogP contribution in [0.25, 0.3) is 0 Å². The van der Waals surface area contributed by atoms with Crippen LogP contribution in [0.15, 0.2) is 45.6 Å². The van der Waals surface area contributed by atoms with Crippen molar-refractivity contribution in [2.75, 3.05) is 0 Å². The van der Waals surface area contributed by atoms with E-state index in [0.29, 0.717) is 24.6 Å². The van der Waals surface area contributed by atoms with Crippen LogP contribution in [0.2, 0.25) is 0 Å². The smallest absolute Gasteiger partial charge is 0.227 e. The number of amides is 2. The molecule has 0 radical (unpaired) electrons. The zero-order valence-corrected chi connectivity index (χ0v) is 13.9. The van der Waals surface area contributed by atoms with Crippen LogP contribution < -0.4 is 0 Å². The van der Waals surface area contributed by atoms with Crippen LogP contribution in [0.5, 0.6) is 0 Å². The predicted octanol–water partition coefficient (Wildman–Crippen LogP) is 1.47. The van der Waals surface area contributed by atoms with Gasteiger partial charge in [0.15, 0.2) is 12.5 Å². The Morgan fingerprint density at radius 2 is 1.27 bits per heavy atom. The highest BCUT2D eigenvalue weighted by molar-refractivity contribution is 5.81. The third-order valence-electron chi connectivity index (χ3n) is 5.08. The zero-order chi connectivity index (χ0) is 17.7. The maximum absolute atomic E-state index is 12.4. The van der Waals surface area contributed by atoms with E-state index in [1.807, 2.05) is 12.1 Å². The molecular formula is C18H18N2O6. The summed E-state index contributed by atoms with van der Waals surface area (Å²) in [4.78, 5) is 28.1. The largest absolute Gasteiger partial charge is 0.467 e. The molecule has 0 saturated carbocycles. The number of furan rings is 2. The molecule has 0 spiro atoms. The van der Waals surface area contributed by atoms with Gasteiger partial charge >= 0.3 is 0 Å². The second-order valence-electron chi connectivity index (χ2n) is 6.74. The lowest BCUT2D eigenvalue weighted by molar-refractivity contribution is -0.256. The molecule has 2 amide bonds. The minimum Gasteiger partial charge on any atom is -0.467 e. The standard InChI is InChI=1S/C18H18N2O6/c21-15-7-13-17(19(15)9-11-3-1-5-23-11)25-14-8-16(22)20(18(14)26-13)10-12-4-2-6-24-12/h1-6,13-14,17-18H,7-10H2/t13-,14-,17-,18-/m0/s1. The minimum absolute atomic E-state index is 0.0414. The van der Waals surface area contributed by atoms with Crippen LogP contribution in [0.4, 0.5) is 0 Å². The predicted molar refractivity (Wildman–Crippen MR) is 85.1 cm³/mol. The fraction of sp³-hybridized carbons (Fsp3) is 0.444. The van der Waals surface area contributed by atoms with Crippen molar-refractivity contribution in [1.29, 1.82) is 0 Å². The number of fused-ring (bicyclic) bond motifs is 2. The highest BCUT2D eigenvalue weighted by Gasteiger charge is 2.54. The van der Waals surface area contributed by atoms with E-state index in [9.17, 15) is 9.59 Å². The Hall–Kier alpha value is -2.58. The fourth-order valence-electron chi connectivity index (χ4n) is 3.87. The summed E-state index contributed by atoms with van der Waals surface area (Å²) in [6, 6.07) is 7.20. The lowest BCUT2D eigenvalue weighted by Crippen LogP contribution is -2.53. The molecule has 4 atom stereocenters. The number of carbonyl (C=O) groups excluding carboxylic acids is 2. The second-order valence-corrected chi connectivity index (χ2v) is 6.74. The molecule has 3 saturated heterocycles. The maximum atomic E-state index is 12.4. The molecule has 0 bridgehead atoms. The molecule has 8 heteroatoms. The van der Waals surface area contributed by atoms with Gasteiger partial charge in [-0.3, -0.25) is 9.59 Å². The SMILES string of the molecule is O=C1C[C@@H]2O[C@H]3[C@H](CC(=O)N3Cc3ccco3)O[C@@H]2N1Cc1ccco1. The molecule has 0 aromatic carbocycles. The van der Waals surface area contributed by atoms with Crippen molar-refractivity contribution in [1.82, 2.24) is 9.80 Å². The average molecular weight is 358 g/mol. The molecule has 5 heterocycles. The van der Waals surface area contributed by atoms with Gasteiger partial charge in [-0.15, -0.1) is 0 Å². The van der Waals surface area contributed by atoms with Gasteiger partial charge in [0.05, 0.1) is 38.5 Å². The first-order valence-corrected chi connectivity index (χ1v) is 8.63. The van der Waals surface area contributed by atoms with E-state index in [0.717, 1.165) is 0 Å². The Morgan fingerprint density at radius 3 is 1.65 bits per heavy atom. The Labute approximate surface area is 149 Å². The molecule has 2 aromatic heterocycles. The Balaban J connectivity index is 1.33. The van der Waals surface area contributed by atoms with Gasteiger partial charge in [-0.2, -0.15) is 0 Å². The molecule has 2 aromatic rings. The van der Waals surface area contributed by atoms with Gasteiger partial charge < -0.3 is 28.1 Å². The summed E-state index contributed by atoms with van der Waals surface area (Å²) in [5.41, 5.74) is 0. The second kappa shape index (κ2) is 6.00. The summed E-state index contributed by atoms with van der Waals surface area (Å²) in [5.74, 6) is 1.29. The van der Waals surface area contributed by atoms with Crippen molar-refractivity contribution in [3.8, 4) is 0 Å². The van der Waals surface area contributed by atoms with Crippen molar-refractivity contribution in [3.63, 3.8) is 0 Å². The summed E-state index contributed by atoms with van der Waals surface area (Å²) in [7, 11) is 0. The molecule has 0 unspecified atom stereocenters. The molecule has 3 aliphatic heterocycles. The van der Waals surface area contributed by atoms with E-state index in [2.05, 4.69) is 0 Å². The highest BCUT2D eigenvalue weighted by Crippen LogP contribution is 2.38. The van der Waals surface area contributed by atoms with Crippen LogP contribution in [-0.2, 0) is 32.2 Å². The summed E-state index contributed by atoms with van der Waals surface area (Å²) >= 11 is 0. The normalized spacial score (nSPS) is 30.8. The Kier molecular flexibility index (Phi) is 3.61. The van der Waals surface area contributed by atoms with Gasteiger partial charge in [0, 0.05) is 0 Å². The number of nitrogens with zero attached hydrogens (tertiary/aromatic N) is 2. The molecule has 0 aliphatic carbocycles. The van der Waals surface area contributed by atoms with Gasteiger partial charge in [-0.1, -0.05) is 0 Å². The molecule has 136 valence electrons. The van der Waals surface area contributed by atoms with Gasteiger partial charge in [0.2, 0.25) is 11.8 Å². The van der Waals surface area contributed by atoms with Crippen molar-refractivity contribution in [2.24, 2.45) is 0 Å². The maximum Gasteiger partial charge on any atom is 0.227 e. The van der Waals surface area contributed by atoms with Gasteiger partial charge in [-0.05, 0) is 24.3 Å². The number of likely N-dealkylation sites (tertiary alicyclic amines) is 2. The highest BCUT2D eigenvalue weighted by atomic mass is 16.6. The molecule has 5 rings (SSSR count). The number of rotatable bonds is 4.